The van der Waals surface area contributed by atoms with Gasteiger partial charge in [0, 0.05) is 11.1 Å². The molecule has 0 aliphatic rings. The van der Waals surface area contributed by atoms with Gasteiger partial charge in [-0.25, -0.2) is 4.68 Å². The highest BCUT2D eigenvalue weighted by atomic mass is 35.5. The van der Waals surface area contributed by atoms with Crippen molar-refractivity contribution in [3.63, 3.8) is 0 Å². The number of furan rings is 1. The maximum atomic E-state index is 13.9. The van der Waals surface area contributed by atoms with Gasteiger partial charge in [-0.2, -0.15) is 23.3 Å². The highest BCUT2D eigenvalue weighted by Crippen LogP contribution is 2.38. The highest BCUT2D eigenvalue weighted by molar-refractivity contribution is 6.31. The van der Waals surface area contributed by atoms with E-state index in [1.807, 2.05) is 0 Å². The lowest BCUT2D eigenvalue weighted by atomic mass is 10.1. The number of fused-ring (bicyclic) bond motifs is 1. The summed E-state index contributed by atoms with van der Waals surface area (Å²) in [7, 11) is 0. The molecule has 0 unspecified atom stereocenters. The van der Waals surface area contributed by atoms with Gasteiger partial charge in [0.15, 0.2) is 12.3 Å². The van der Waals surface area contributed by atoms with Gasteiger partial charge >= 0.3 is 6.18 Å². The number of amides is 1. The maximum Gasteiger partial charge on any atom is 0.417 e. The molecule has 0 radical (unpaired) electrons. The summed E-state index contributed by atoms with van der Waals surface area (Å²) in [5.74, 6) is -0.375. The van der Waals surface area contributed by atoms with Crippen molar-refractivity contribution in [3.05, 3.63) is 70.3 Å². The first-order valence-electron chi connectivity index (χ1n) is 9.80. The lowest BCUT2D eigenvalue weighted by Crippen LogP contribution is -2.28. The Hall–Kier alpha value is -3.53. The number of hydrogen-bond donors (Lipinski definition) is 1. The number of aryl methyl sites for hydroxylation is 1. The molecule has 0 aliphatic heterocycles. The third kappa shape index (κ3) is 4.65. The number of carbonyl (C=O) groups is 1. The molecule has 4 rings (SSSR count). The first-order valence-corrected chi connectivity index (χ1v) is 10.2. The van der Waals surface area contributed by atoms with Crippen LogP contribution in [-0.2, 0) is 17.5 Å². The lowest BCUT2D eigenvalue weighted by molar-refractivity contribution is -0.136. The maximum absolute atomic E-state index is 13.9. The number of halogens is 4. The Balaban J connectivity index is 1.70. The summed E-state index contributed by atoms with van der Waals surface area (Å²) >= 11 is 6.19. The topological polar surface area (TPSA) is 82.2 Å². The molecule has 3 aromatic heterocycles. The van der Waals surface area contributed by atoms with Crippen LogP contribution in [0.4, 0.5) is 13.2 Å². The number of aromatic nitrogens is 3. The van der Waals surface area contributed by atoms with Gasteiger partial charge < -0.3 is 14.5 Å². The van der Waals surface area contributed by atoms with Gasteiger partial charge in [-0.15, -0.1) is 0 Å². The second kappa shape index (κ2) is 8.78. The summed E-state index contributed by atoms with van der Waals surface area (Å²) < 4.78 is 53.4. The van der Waals surface area contributed by atoms with Crippen LogP contribution in [0.15, 0.2) is 47.1 Å². The summed E-state index contributed by atoms with van der Waals surface area (Å²) in [6.07, 6.45) is -3.23. The number of ether oxygens (including phenoxy) is 1. The largest absolute Gasteiger partial charge is 0.467 e. The van der Waals surface area contributed by atoms with Gasteiger partial charge in [0.2, 0.25) is 5.88 Å². The fourth-order valence-electron chi connectivity index (χ4n) is 3.35. The quantitative estimate of drug-likeness (QED) is 0.422. The normalized spacial score (nSPS) is 11.7. The standard InChI is InChI=1S/C22H18ClF3N4O3/c1-12-16(23)6-3-7-17(12)30-21-20(13(2)29-30)15(22(24,25)26)9-19(28-21)33-11-18(31)27-10-14-5-4-8-32-14/h3-9H,10-11H2,1-2H3,(H,27,31). The molecule has 0 aliphatic carbocycles. The molecule has 33 heavy (non-hydrogen) atoms. The van der Waals surface area contributed by atoms with Crippen LogP contribution in [-0.4, -0.2) is 27.3 Å². The second-order valence-electron chi connectivity index (χ2n) is 7.23. The van der Waals surface area contributed by atoms with Crippen molar-refractivity contribution < 1.29 is 27.1 Å². The van der Waals surface area contributed by atoms with E-state index in [1.54, 1.807) is 37.3 Å². The van der Waals surface area contributed by atoms with Crippen molar-refractivity contribution >= 4 is 28.5 Å². The monoisotopic (exact) mass is 478 g/mol. The van der Waals surface area contributed by atoms with E-state index < -0.39 is 24.3 Å². The second-order valence-corrected chi connectivity index (χ2v) is 7.64. The molecular weight excluding hydrogens is 461 g/mol. The Morgan fingerprint density at radius 3 is 2.73 bits per heavy atom. The molecule has 1 N–H and O–H groups in total. The Kier molecular flexibility index (Phi) is 6.03. The van der Waals surface area contributed by atoms with Crippen molar-refractivity contribution in [2.45, 2.75) is 26.6 Å². The van der Waals surface area contributed by atoms with Crippen LogP contribution < -0.4 is 10.1 Å². The van der Waals surface area contributed by atoms with Gasteiger partial charge in [0.05, 0.1) is 35.1 Å². The predicted octanol–water partition coefficient (Wildman–Crippen LogP) is 5.00. The molecule has 1 aromatic carbocycles. The van der Waals surface area contributed by atoms with Crippen LogP contribution in [0.2, 0.25) is 5.02 Å². The minimum Gasteiger partial charge on any atom is -0.467 e. The van der Waals surface area contributed by atoms with Gasteiger partial charge in [-0.1, -0.05) is 17.7 Å². The van der Waals surface area contributed by atoms with Crippen molar-refractivity contribution in [1.29, 1.82) is 0 Å². The fourth-order valence-corrected chi connectivity index (χ4v) is 3.52. The van der Waals surface area contributed by atoms with E-state index in [0.29, 0.717) is 22.0 Å². The van der Waals surface area contributed by atoms with E-state index in [9.17, 15) is 18.0 Å². The molecule has 0 saturated heterocycles. The van der Waals surface area contributed by atoms with E-state index in [-0.39, 0.29) is 29.2 Å². The van der Waals surface area contributed by atoms with Crippen molar-refractivity contribution in [1.82, 2.24) is 20.1 Å². The smallest absolute Gasteiger partial charge is 0.417 e. The van der Waals surface area contributed by atoms with Gasteiger partial charge in [0.25, 0.3) is 5.91 Å². The first-order chi connectivity index (χ1) is 15.6. The number of nitrogens with one attached hydrogen (secondary N) is 1. The number of pyridine rings is 1. The van der Waals surface area contributed by atoms with E-state index >= 15 is 0 Å². The lowest BCUT2D eigenvalue weighted by Gasteiger charge is -2.13. The summed E-state index contributed by atoms with van der Waals surface area (Å²) in [5.41, 5.74) is 0.240. The average Bonchev–Trinajstić information content (AvgIpc) is 3.40. The number of carbonyl (C=O) groups excluding carboxylic acids is 1. The molecule has 0 atom stereocenters. The van der Waals surface area contributed by atoms with E-state index in [1.165, 1.54) is 17.9 Å². The first kappa shape index (κ1) is 22.7. The summed E-state index contributed by atoms with van der Waals surface area (Å²) in [5, 5.41) is 7.11. The summed E-state index contributed by atoms with van der Waals surface area (Å²) in [4.78, 5) is 16.3. The van der Waals surface area contributed by atoms with Crippen LogP contribution >= 0.6 is 11.6 Å². The van der Waals surface area contributed by atoms with E-state index in [0.717, 1.165) is 6.07 Å². The molecule has 4 aromatic rings. The molecule has 0 saturated carbocycles. The zero-order valence-electron chi connectivity index (χ0n) is 17.5. The molecule has 11 heteroatoms. The van der Waals surface area contributed by atoms with Crippen molar-refractivity contribution in [2.75, 3.05) is 6.61 Å². The third-order valence-electron chi connectivity index (χ3n) is 4.95. The predicted molar refractivity (Wildman–Crippen MR) is 114 cm³/mol. The van der Waals surface area contributed by atoms with Crippen LogP contribution in [0.25, 0.3) is 16.7 Å². The van der Waals surface area contributed by atoms with Crippen LogP contribution in [0.1, 0.15) is 22.6 Å². The molecule has 172 valence electrons. The molecule has 7 nitrogen and oxygen atoms in total. The molecule has 0 spiro atoms. The SMILES string of the molecule is Cc1c(Cl)cccc1-n1nc(C)c2c(C(F)(F)F)cc(OCC(=O)NCc3ccco3)nc21. The Bertz CT molecular complexity index is 1320. The summed E-state index contributed by atoms with van der Waals surface area (Å²) in [6, 6.07) is 9.13. The number of rotatable bonds is 6. The molecular formula is C22H18ClF3N4O3. The van der Waals surface area contributed by atoms with Gasteiger partial charge in [0.1, 0.15) is 5.76 Å². The Morgan fingerprint density at radius 1 is 1.24 bits per heavy atom. The van der Waals surface area contributed by atoms with E-state index in [2.05, 4.69) is 15.4 Å². The van der Waals surface area contributed by atoms with E-state index in [4.69, 9.17) is 20.8 Å². The Morgan fingerprint density at radius 2 is 2.03 bits per heavy atom. The fraction of sp³-hybridized carbons (Fsp3) is 0.227. The van der Waals surface area contributed by atoms with Crippen LogP contribution in [0, 0.1) is 13.8 Å². The summed E-state index contributed by atoms with van der Waals surface area (Å²) in [6.45, 7) is 2.79. The van der Waals surface area contributed by atoms with Crippen molar-refractivity contribution in [2.24, 2.45) is 0 Å². The number of benzene rings is 1. The zero-order valence-corrected chi connectivity index (χ0v) is 18.3. The average molecular weight is 479 g/mol. The van der Waals surface area contributed by atoms with Gasteiger partial charge in [-0.05, 0) is 43.7 Å². The van der Waals surface area contributed by atoms with Crippen LogP contribution in [0.3, 0.4) is 0 Å². The minimum absolute atomic E-state index is 0.0568. The van der Waals surface area contributed by atoms with Crippen molar-refractivity contribution in [3.8, 4) is 11.6 Å². The number of hydrogen-bond acceptors (Lipinski definition) is 5. The minimum atomic E-state index is -4.69. The molecule has 0 bridgehead atoms. The number of nitrogens with zero attached hydrogens (tertiary/aromatic N) is 3. The van der Waals surface area contributed by atoms with Gasteiger partial charge in [-0.3, -0.25) is 4.79 Å². The van der Waals surface area contributed by atoms with Crippen LogP contribution in [0.5, 0.6) is 5.88 Å². The highest BCUT2D eigenvalue weighted by Gasteiger charge is 2.36. The third-order valence-corrected chi connectivity index (χ3v) is 5.36. The zero-order chi connectivity index (χ0) is 23.8. The Labute approximate surface area is 191 Å². The number of alkyl halides is 3. The molecule has 1 amide bonds. The molecule has 3 heterocycles. The molecule has 0 fully saturated rings.